The molecule has 9 heteroatoms. The maximum atomic E-state index is 12.3. The zero-order valence-electron chi connectivity index (χ0n) is 17.5. The van der Waals surface area contributed by atoms with Crippen LogP contribution in [-0.4, -0.2) is 58.5 Å². The first kappa shape index (κ1) is 21.6. The maximum Gasteiger partial charge on any atom is 0.341 e. The first-order valence-corrected chi connectivity index (χ1v) is 11.3. The molecule has 0 saturated heterocycles. The number of benzene rings is 2. The van der Waals surface area contributed by atoms with Gasteiger partial charge < -0.3 is 24.6 Å². The molecule has 2 N–H and O–H groups in total. The Hall–Kier alpha value is -2.62. The number of hydrogen-bond acceptors (Lipinski definition) is 6. The Labute approximate surface area is 184 Å². The van der Waals surface area contributed by atoms with Gasteiger partial charge in [-0.2, -0.15) is 0 Å². The summed E-state index contributed by atoms with van der Waals surface area (Å²) >= 11 is -2.74. The van der Waals surface area contributed by atoms with Gasteiger partial charge in [0, 0.05) is 12.5 Å². The molecule has 0 spiro atoms. The average Bonchev–Trinajstić information content (AvgIpc) is 3.51. The van der Waals surface area contributed by atoms with Crippen molar-refractivity contribution in [2.45, 2.75) is 18.8 Å². The van der Waals surface area contributed by atoms with E-state index in [0.717, 1.165) is 29.3 Å². The van der Waals surface area contributed by atoms with E-state index in [4.69, 9.17) is 4.74 Å². The van der Waals surface area contributed by atoms with Crippen molar-refractivity contribution >= 4 is 34.3 Å². The lowest BCUT2D eigenvalue weighted by molar-refractivity contribution is 0.0692. The van der Waals surface area contributed by atoms with Gasteiger partial charge in [-0.3, -0.25) is 8.51 Å². The molecule has 1 fully saturated rings. The second-order valence-corrected chi connectivity index (χ2v) is 9.01. The van der Waals surface area contributed by atoms with Gasteiger partial charge in [-0.1, -0.05) is 18.2 Å². The monoisotopic (exact) mass is 444 g/mol. The number of aromatic carboxylic acids is 1. The minimum absolute atomic E-state index is 0.0706. The molecule has 1 aliphatic heterocycles. The Morgan fingerprint density at radius 2 is 2.03 bits per heavy atom. The lowest BCUT2D eigenvalue weighted by Gasteiger charge is -2.31. The molecule has 1 saturated carbocycles. The van der Waals surface area contributed by atoms with Crippen LogP contribution in [0.15, 0.2) is 36.4 Å². The van der Waals surface area contributed by atoms with Gasteiger partial charge in [-0.25, -0.2) is 4.79 Å². The smallest absolute Gasteiger partial charge is 0.341 e. The van der Waals surface area contributed by atoms with E-state index < -0.39 is 17.2 Å². The SMILES string of the molecule is CN(C)CCCNc1ccccc1N(c1ccc2c(c1C(=O)O)OCC1CC21)S(=O)[O-]. The maximum absolute atomic E-state index is 12.3. The van der Waals surface area contributed by atoms with Crippen molar-refractivity contribution in [1.29, 1.82) is 0 Å². The van der Waals surface area contributed by atoms with Crippen molar-refractivity contribution in [2.75, 3.05) is 43.4 Å². The topological polar surface area (TPSA) is 105 Å². The van der Waals surface area contributed by atoms with Crippen LogP contribution in [0, 0.1) is 5.92 Å². The summed E-state index contributed by atoms with van der Waals surface area (Å²) in [6.07, 6.45) is 1.85. The second-order valence-electron chi connectivity index (χ2n) is 8.21. The largest absolute Gasteiger partial charge is 0.755 e. The van der Waals surface area contributed by atoms with Gasteiger partial charge in [0.25, 0.3) is 0 Å². The summed E-state index contributed by atoms with van der Waals surface area (Å²) in [5.74, 6) is -0.196. The molecule has 3 unspecified atom stereocenters. The van der Waals surface area contributed by atoms with Crippen molar-refractivity contribution in [2.24, 2.45) is 5.92 Å². The molecule has 2 aliphatic rings. The number of nitrogens with zero attached hydrogens (tertiary/aromatic N) is 2. The standard InChI is InChI=1S/C22H27N3O5S/c1-24(2)11-5-10-23-17-6-3-4-7-18(17)25(31(28)29)19-9-8-15-16-12-14(16)13-30-21(15)20(19)22(26)27/h3-4,6-9,14,16,23H,5,10-13H2,1-2H3,(H,26,27)(H,28,29)/p-1. The Bertz CT molecular complexity index is 1010. The number of hydrogen-bond donors (Lipinski definition) is 2. The fourth-order valence-electron chi connectivity index (χ4n) is 4.12. The number of fused-ring (bicyclic) bond motifs is 3. The van der Waals surface area contributed by atoms with Crippen molar-refractivity contribution in [3.05, 3.63) is 47.5 Å². The highest BCUT2D eigenvalue weighted by Gasteiger charge is 2.45. The molecule has 2 aromatic carbocycles. The molecule has 0 aromatic heterocycles. The van der Waals surface area contributed by atoms with Crippen LogP contribution >= 0.6 is 0 Å². The molecule has 8 nitrogen and oxygen atoms in total. The highest BCUT2D eigenvalue weighted by atomic mass is 32.2. The Balaban J connectivity index is 1.73. The van der Waals surface area contributed by atoms with Crippen LogP contribution in [0.2, 0.25) is 0 Å². The molecule has 0 amide bonds. The molecular formula is C22H26N3O5S-. The number of anilines is 3. The normalized spacial score (nSPS) is 19.7. The Morgan fingerprint density at radius 1 is 1.26 bits per heavy atom. The first-order chi connectivity index (χ1) is 14.9. The number of ether oxygens (including phenoxy) is 1. The van der Waals surface area contributed by atoms with Gasteiger partial charge in [-0.05, 0) is 63.2 Å². The van der Waals surface area contributed by atoms with E-state index in [2.05, 4.69) is 10.2 Å². The lowest BCUT2D eigenvalue weighted by Crippen LogP contribution is -2.25. The summed E-state index contributed by atoms with van der Waals surface area (Å²) in [6.45, 7) is 2.00. The zero-order valence-corrected chi connectivity index (χ0v) is 18.4. The number of carboxylic acid groups (broad SMARTS) is 1. The predicted molar refractivity (Wildman–Crippen MR) is 119 cm³/mol. The molecule has 1 heterocycles. The highest BCUT2D eigenvalue weighted by Crippen LogP contribution is 2.56. The van der Waals surface area contributed by atoms with Gasteiger partial charge in [-0.15, -0.1) is 0 Å². The van der Waals surface area contributed by atoms with Crippen molar-refractivity contribution in [3.8, 4) is 5.75 Å². The number of carbonyl (C=O) groups is 1. The van der Waals surface area contributed by atoms with Gasteiger partial charge in [0.2, 0.25) is 0 Å². The summed E-state index contributed by atoms with van der Waals surface area (Å²) in [4.78, 5) is 14.3. The molecule has 0 radical (unpaired) electrons. The minimum Gasteiger partial charge on any atom is -0.755 e. The van der Waals surface area contributed by atoms with Crippen LogP contribution in [0.1, 0.15) is 34.7 Å². The first-order valence-electron chi connectivity index (χ1n) is 10.3. The summed E-state index contributed by atoms with van der Waals surface area (Å²) in [6, 6.07) is 10.4. The van der Waals surface area contributed by atoms with E-state index in [1.54, 1.807) is 30.3 Å². The zero-order chi connectivity index (χ0) is 22.1. The summed E-state index contributed by atoms with van der Waals surface area (Å²) in [5.41, 5.74) is 1.78. The van der Waals surface area contributed by atoms with E-state index in [1.165, 1.54) is 0 Å². The third kappa shape index (κ3) is 4.39. The van der Waals surface area contributed by atoms with Crippen LogP contribution < -0.4 is 14.4 Å². The summed E-state index contributed by atoms with van der Waals surface area (Å²) in [5, 5.41) is 13.2. The van der Waals surface area contributed by atoms with E-state index in [0.29, 0.717) is 36.4 Å². The Morgan fingerprint density at radius 3 is 2.74 bits per heavy atom. The minimum atomic E-state index is -2.74. The van der Waals surface area contributed by atoms with Crippen LogP contribution in [0.5, 0.6) is 5.75 Å². The second kappa shape index (κ2) is 8.86. The number of nitrogens with one attached hydrogen (secondary N) is 1. The molecule has 2 aromatic rings. The molecule has 31 heavy (non-hydrogen) atoms. The summed E-state index contributed by atoms with van der Waals surface area (Å²) in [7, 11) is 3.98. The Kier molecular flexibility index (Phi) is 6.17. The van der Waals surface area contributed by atoms with E-state index in [9.17, 15) is 18.7 Å². The van der Waals surface area contributed by atoms with Crippen molar-refractivity contribution < 1.29 is 23.4 Å². The van der Waals surface area contributed by atoms with Crippen molar-refractivity contribution in [3.63, 3.8) is 0 Å². The van der Waals surface area contributed by atoms with Gasteiger partial charge >= 0.3 is 5.97 Å². The molecule has 1 aliphatic carbocycles. The third-order valence-electron chi connectivity index (χ3n) is 5.73. The van der Waals surface area contributed by atoms with E-state index >= 15 is 0 Å². The van der Waals surface area contributed by atoms with E-state index in [1.807, 2.05) is 20.2 Å². The fourth-order valence-corrected chi connectivity index (χ4v) is 4.76. The van der Waals surface area contributed by atoms with Crippen molar-refractivity contribution in [1.82, 2.24) is 4.90 Å². The molecule has 0 bridgehead atoms. The van der Waals surface area contributed by atoms with Crippen LogP contribution in [-0.2, 0) is 11.3 Å². The molecule has 3 atom stereocenters. The van der Waals surface area contributed by atoms with Crippen LogP contribution in [0.4, 0.5) is 17.1 Å². The quantitative estimate of drug-likeness (QED) is 0.452. The average molecular weight is 445 g/mol. The van der Waals surface area contributed by atoms with Gasteiger partial charge in [0.05, 0.1) is 34.9 Å². The van der Waals surface area contributed by atoms with Gasteiger partial charge in [0.1, 0.15) is 11.3 Å². The highest BCUT2D eigenvalue weighted by molar-refractivity contribution is 7.81. The third-order valence-corrected chi connectivity index (χ3v) is 6.42. The number of rotatable bonds is 9. The molecular weight excluding hydrogens is 418 g/mol. The number of para-hydroxylation sites is 2. The summed E-state index contributed by atoms with van der Waals surface area (Å²) < 4.78 is 31.5. The van der Waals surface area contributed by atoms with Crippen LogP contribution in [0.25, 0.3) is 0 Å². The van der Waals surface area contributed by atoms with Gasteiger partial charge in [0.15, 0.2) is 0 Å². The fraction of sp³-hybridized carbons (Fsp3) is 0.409. The van der Waals surface area contributed by atoms with Crippen LogP contribution in [0.3, 0.4) is 0 Å². The predicted octanol–water partition coefficient (Wildman–Crippen LogP) is 3.18. The molecule has 166 valence electrons. The number of carboxylic acids is 1. The molecule has 4 rings (SSSR count). The van der Waals surface area contributed by atoms with E-state index in [-0.39, 0.29) is 17.0 Å². The lowest BCUT2D eigenvalue weighted by atomic mass is 10.00.